The summed E-state index contributed by atoms with van der Waals surface area (Å²) < 4.78 is 0. The number of carbonyl (C=O) groups is 1. The van der Waals surface area contributed by atoms with Crippen molar-refractivity contribution in [1.82, 2.24) is 10.6 Å². The van der Waals surface area contributed by atoms with Gasteiger partial charge in [-0.1, -0.05) is 6.92 Å². The van der Waals surface area contributed by atoms with E-state index in [-0.39, 0.29) is 11.4 Å². The van der Waals surface area contributed by atoms with Gasteiger partial charge in [0.05, 0.1) is 5.54 Å². The van der Waals surface area contributed by atoms with Gasteiger partial charge in [0.2, 0.25) is 5.91 Å². The Hall–Kier alpha value is -0.570. The van der Waals surface area contributed by atoms with E-state index in [2.05, 4.69) is 17.6 Å². The largest absolute Gasteiger partial charge is 0.354 e. The molecule has 1 saturated carbocycles. The molecular formula is C11H20N2O. The van der Waals surface area contributed by atoms with Crippen molar-refractivity contribution < 1.29 is 4.79 Å². The maximum atomic E-state index is 11.8. The lowest BCUT2D eigenvalue weighted by Gasteiger charge is -2.23. The van der Waals surface area contributed by atoms with Crippen LogP contribution >= 0.6 is 0 Å². The highest BCUT2D eigenvalue weighted by atomic mass is 16.2. The van der Waals surface area contributed by atoms with Crippen molar-refractivity contribution in [1.29, 1.82) is 0 Å². The van der Waals surface area contributed by atoms with Crippen molar-refractivity contribution in [3.8, 4) is 0 Å². The molecule has 14 heavy (non-hydrogen) atoms. The number of hydrogen-bond acceptors (Lipinski definition) is 2. The third-order valence-corrected chi connectivity index (χ3v) is 3.67. The number of carbonyl (C=O) groups excluding carboxylic acids is 1. The minimum atomic E-state index is -0.294. The van der Waals surface area contributed by atoms with Gasteiger partial charge in [-0.05, 0) is 44.6 Å². The van der Waals surface area contributed by atoms with Crippen molar-refractivity contribution in [2.45, 2.75) is 38.6 Å². The van der Waals surface area contributed by atoms with Crippen LogP contribution in [0.5, 0.6) is 0 Å². The Bertz CT molecular complexity index is 233. The predicted octanol–water partition coefficient (Wildman–Crippen LogP) is 0.901. The van der Waals surface area contributed by atoms with E-state index in [1.165, 1.54) is 6.42 Å². The zero-order valence-corrected chi connectivity index (χ0v) is 9.10. The molecule has 2 rings (SSSR count). The van der Waals surface area contributed by atoms with E-state index in [1.54, 1.807) is 0 Å². The van der Waals surface area contributed by atoms with Crippen LogP contribution in [0.1, 0.15) is 33.1 Å². The molecule has 1 saturated heterocycles. The molecule has 2 N–H and O–H groups in total. The lowest BCUT2D eigenvalue weighted by molar-refractivity contribution is -0.126. The molecule has 3 nitrogen and oxygen atoms in total. The van der Waals surface area contributed by atoms with Gasteiger partial charge in [0, 0.05) is 6.54 Å². The molecule has 1 aliphatic heterocycles. The summed E-state index contributed by atoms with van der Waals surface area (Å²) in [4.78, 5) is 11.8. The first-order chi connectivity index (χ1) is 6.62. The van der Waals surface area contributed by atoms with Crippen LogP contribution in [0, 0.1) is 11.8 Å². The van der Waals surface area contributed by atoms with Crippen LogP contribution in [0.25, 0.3) is 0 Å². The van der Waals surface area contributed by atoms with Crippen LogP contribution in [0.3, 0.4) is 0 Å². The van der Waals surface area contributed by atoms with E-state index < -0.39 is 0 Å². The van der Waals surface area contributed by atoms with Gasteiger partial charge in [-0.25, -0.2) is 0 Å². The van der Waals surface area contributed by atoms with Crippen LogP contribution in [0.4, 0.5) is 0 Å². The van der Waals surface area contributed by atoms with Crippen molar-refractivity contribution in [3.63, 3.8) is 0 Å². The van der Waals surface area contributed by atoms with Gasteiger partial charge >= 0.3 is 0 Å². The van der Waals surface area contributed by atoms with Crippen LogP contribution in [-0.4, -0.2) is 24.5 Å². The molecule has 0 aromatic heterocycles. The molecule has 0 spiro atoms. The Morgan fingerprint density at radius 3 is 2.86 bits per heavy atom. The summed E-state index contributed by atoms with van der Waals surface area (Å²) in [6, 6.07) is 0. The fraction of sp³-hybridized carbons (Fsp3) is 0.909. The van der Waals surface area contributed by atoms with Crippen molar-refractivity contribution >= 4 is 5.91 Å². The second-order valence-corrected chi connectivity index (χ2v) is 5.05. The average molecular weight is 196 g/mol. The first-order valence-electron chi connectivity index (χ1n) is 5.65. The molecule has 0 radical (unpaired) electrons. The quantitative estimate of drug-likeness (QED) is 0.704. The summed E-state index contributed by atoms with van der Waals surface area (Å²) in [7, 11) is 0. The van der Waals surface area contributed by atoms with E-state index in [1.807, 2.05) is 6.92 Å². The van der Waals surface area contributed by atoms with E-state index in [0.29, 0.717) is 0 Å². The summed E-state index contributed by atoms with van der Waals surface area (Å²) in [5.74, 6) is 1.75. The highest BCUT2D eigenvalue weighted by molar-refractivity contribution is 5.86. The lowest BCUT2D eigenvalue weighted by atomic mass is 9.99. The predicted molar refractivity (Wildman–Crippen MR) is 55.9 cm³/mol. The van der Waals surface area contributed by atoms with Crippen LogP contribution in [0.2, 0.25) is 0 Å². The molecule has 1 heterocycles. The topological polar surface area (TPSA) is 41.1 Å². The summed E-state index contributed by atoms with van der Waals surface area (Å²) in [5, 5.41) is 6.33. The Labute approximate surface area is 85.6 Å². The molecule has 1 aliphatic carbocycles. The van der Waals surface area contributed by atoms with E-state index in [4.69, 9.17) is 0 Å². The lowest BCUT2D eigenvalue weighted by Crippen LogP contribution is -2.51. The normalized spacial score (nSPS) is 41.0. The Kier molecular flexibility index (Phi) is 2.52. The fourth-order valence-electron chi connectivity index (χ4n) is 2.19. The summed E-state index contributed by atoms with van der Waals surface area (Å²) >= 11 is 0. The Morgan fingerprint density at radius 1 is 1.64 bits per heavy atom. The van der Waals surface area contributed by atoms with Crippen molar-refractivity contribution in [3.05, 3.63) is 0 Å². The summed E-state index contributed by atoms with van der Waals surface area (Å²) in [5.41, 5.74) is -0.294. The highest BCUT2D eigenvalue weighted by Gasteiger charge is 2.38. The fourth-order valence-corrected chi connectivity index (χ4v) is 2.19. The van der Waals surface area contributed by atoms with E-state index in [9.17, 15) is 4.79 Å². The molecule has 0 bridgehead atoms. The summed E-state index contributed by atoms with van der Waals surface area (Å²) in [6.07, 6.45) is 3.37. The molecule has 80 valence electrons. The molecule has 3 heteroatoms. The zero-order valence-electron chi connectivity index (χ0n) is 9.10. The first-order valence-corrected chi connectivity index (χ1v) is 5.65. The summed E-state index contributed by atoms with van der Waals surface area (Å²) in [6.45, 7) is 6.10. The molecule has 2 fully saturated rings. The minimum Gasteiger partial charge on any atom is -0.354 e. The van der Waals surface area contributed by atoms with Gasteiger partial charge in [-0.2, -0.15) is 0 Å². The molecular weight excluding hydrogens is 176 g/mol. The molecule has 3 unspecified atom stereocenters. The van der Waals surface area contributed by atoms with E-state index in [0.717, 1.165) is 37.8 Å². The van der Waals surface area contributed by atoms with Gasteiger partial charge in [0.1, 0.15) is 0 Å². The number of nitrogens with one attached hydrogen (secondary N) is 2. The third-order valence-electron chi connectivity index (χ3n) is 3.67. The highest BCUT2D eigenvalue weighted by Crippen LogP contribution is 2.36. The minimum absolute atomic E-state index is 0.189. The first kappa shape index (κ1) is 9.97. The molecule has 3 atom stereocenters. The monoisotopic (exact) mass is 196 g/mol. The Morgan fingerprint density at radius 2 is 2.36 bits per heavy atom. The van der Waals surface area contributed by atoms with Gasteiger partial charge in [-0.3, -0.25) is 4.79 Å². The van der Waals surface area contributed by atoms with Crippen molar-refractivity contribution in [2.24, 2.45) is 11.8 Å². The maximum Gasteiger partial charge on any atom is 0.240 e. The third kappa shape index (κ3) is 1.92. The Balaban J connectivity index is 1.77. The van der Waals surface area contributed by atoms with Crippen LogP contribution in [-0.2, 0) is 4.79 Å². The second-order valence-electron chi connectivity index (χ2n) is 5.05. The molecule has 0 aromatic rings. The van der Waals surface area contributed by atoms with Gasteiger partial charge in [0.15, 0.2) is 0 Å². The van der Waals surface area contributed by atoms with Gasteiger partial charge < -0.3 is 10.6 Å². The van der Waals surface area contributed by atoms with Crippen LogP contribution in [0.15, 0.2) is 0 Å². The molecule has 0 aromatic carbocycles. The van der Waals surface area contributed by atoms with Gasteiger partial charge in [-0.15, -0.1) is 0 Å². The number of hydrogen-bond donors (Lipinski definition) is 2. The SMILES string of the molecule is CC1CC1CNC(=O)C1(C)CCCN1. The smallest absolute Gasteiger partial charge is 0.240 e. The van der Waals surface area contributed by atoms with Gasteiger partial charge in [0.25, 0.3) is 0 Å². The second kappa shape index (κ2) is 3.54. The van der Waals surface area contributed by atoms with Crippen LogP contribution < -0.4 is 10.6 Å². The molecule has 2 aliphatic rings. The standard InChI is InChI=1S/C11H20N2O/c1-8-6-9(8)7-12-10(14)11(2)4-3-5-13-11/h8-9,13H,3-7H2,1-2H3,(H,12,14). The average Bonchev–Trinajstić information content (AvgIpc) is 2.65. The number of rotatable bonds is 3. The molecule has 1 amide bonds. The number of amides is 1. The zero-order chi connectivity index (χ0) is 10.2. The van der Waals surface area contributed by atoms with E-state index >= 15 is 0 Å². The maximum absolute atomic E-state index is 11.8. The van der Waals surface area contributed by atoms with Crippen molar-refractivity contribution in [2.75, 3.05) is 13.1 Å².